The van der Waals surface area contributed by atoms with E-state index >= 15 is 0 Å². The molecule has 0 spiro atoms. The van der Waals surface area contributed by atoms with Crippen molar-refractivity contribution in [1.82, 2.24) is 14.3 Å². The molecule has 30 heavy (non-hydrogen) atoms. The van der Waals surface area contributed by atoms with Gasteiger partial charge in [0.2, 0.25) is 5.91 Å². The molecule has 0 saturated carbocycles. The average molecular weight is 441 g/mol. The van der Waals surface area contributed by atoms with Crippen molar-refractivity contribution in [3.63, 3.8) is 0 Å². The van der Waals surface area contributed by atoms with Crippen LogP contribution in [0.25, 0.3) is 21.5 Å². The van der Waals surface area contributed by atoms with Gasteiger partial charge in [0.25, 0.3) is 0 Å². The SMILES string of the molecule is CCOc1ccccc1NC(=O)CSc1ncnc2c(-c3ccc(F)cc3)nsc12. The van der Waals surface area contributed by atoms with E-state index in [9.17, 15) is 9.18 Å². The van der Waals surface area contributed by atoms with Gasteiger partial charge >= 0.3 is 0 Å². The topological polar surface area (TPSA) is 77.0 Å². The van der Waals surface area contributed by atoms with Crippen LogP contribution in [0, 0.1) is 5.82 Å². The van der Waals surface area contributed by atoms with Crippen LogP contribution in [0.3, 0.4) is 0 Å². The molecule has 0 fully saturated rings. The van der Waals surface area contributed by atoms with Crippen molar-refractivity contribution >= 4 is 45.1 Å². The number of nitrogens with zero attached hydrogens (tertiary/aromatic N) is 3. The summed E-state index contributed by atoms with van der Waals surface area (Å²) in [6.07, 6.45) is 1.45. The van der Waals surface area contributed by atoms with Crippen molar-refractivity contribution in [2.45, 2.75) is 11.9 Å². The van der Waals surface area contributed by atoms with Crippen molar-refractivity contribution in [2.24, 2.45) is 0 Å². The molecule has 9 heteroatoms. The molecule has 2 heterocycles. The van der Waals surface area contributed by atoms with E-state index in [2.05, 4.69) is 19.7 Å². The Morgan fingerprint density at radius 2 is 1.97 bits per heavy atom. The maximum atomic E-state index is 13.2. The Bertz CT molecular complexity index is 1180. The summed E-state index contributed by atoms with van der Waals surface area (Å²) in [4.78, 5) is 21.1. The largest absolute Gasteiger partial charge is 0.492 e. The molecule has 4 aromatic rings. The van der Waals surface area contributed by atoms with Gasteiger partial charge in [-0.1, -0.05) is 23.9 Å². The molecule has 4 rings (SSSR count). The fraction of sp³-hybridized carbons (Fsp3) is 0.143. The number of rotatable bonds is 7. The van der Waals surface area contributed by atoms with Crippen LogP contribution in [0.5, 0.6) is 5.75 Å². The zero-order valence-electron chi connectivity index (χ0n) is 16.0. The average Bonchev–Trinajstić information content (AvgIpc) is 3.19. The normalized spacial score (nSPS) is 10.9. The lowest BCUT2D eigenvalue weighted by Gasteiger charge is -2.11. The molecule has 0 unspecified atom stereocenters. The van der Waals surface area contributed by atoms with E-state index in [-0.39, 0.29) is 17.5 Å². The number of ether oxygens (including phenoxy) is 1. The first kappa shape index (κ1) is 20.2. The minimum Gasteiger partial charge on any atom is -0.492 e. The summed E-state index contributed by atoms with van der Waals surface area (Å²) in [6.45, 7) is 2.41. The third-order valence-electron chi connectivity index (χ3n) is 4.14. The molecule has 6 nitrogen and oxygen atoms in total. The standard InChI is InChI=1S/C21H17FN4O2S2/c1-2-28-16-6-4-3-5-15(16)25-17(27)11-29-21-20-19(23-12-24-21)18(26-30-20)13-7-9-14(22)10-8-13/h3-10,12H,2,11H2,1H3,(H,25,27). The Labute approximate surface area is 180 Å². The number of nitrogens with one attached hydrogen (secondary N) is 1. The van der Waals surface area contributed by atoms with Crippen LogP contribution in [0.2, 0.25) is 0 Å². The predicted molar refractivity (Wildman–Crippen MR) is 118 cm³/mol. The van der Waals surface area contributed by atoms with Gasteiger partial charge in [-0.15, -0.1) is 0 Å². The summed E-state index contributed by atoms with van der Waals surface area (Å²) in [5.41, 5.74) is 2.78. The van der Waals surface area contributed by atoms with Crippen molar-refractivity contribution in [3.05, 3.63) is 60.7 Å². The number of amides is 1. The van der Waals surface area contributed by atoms with Gasteiger partial charge in [-0.2, -0.15) is 4.37 Å². The monoisotopic (exact) mass is 440 g/mol. The Balaban J connectivity index is 1.49. The summed E-state index contributed by atoms with van der Waals surface area (Å²) < 4.78 is 24.0. The van der Waals surface area contributed by atoms with Crippen LogP contribution in [-0.2, 0) is 4.79 Å². The molecule has 1 N–H and O–H groups in total. The molecule has 1 amide bonds. The lowest BCUT2D eigenvalue weighted by Crippen LogP contribution is -2.15. The number of halogens is 1. The van der Waals surface area contributed by atoms with E-state index in [0.717, 1.165) is 10.3 Å². The summed E-state index contributed by atoms with van der Waals surface area (Å²) in [5, 5.41) is 3.55. The highest BCUT2D eigenvalue weighted by atomic mass is 32.2. The molecule has 0 radical (unpaired) electrons. The Morgan fingerprint density at radius 3 is 2.77 bits per heavy atom. The van der Waals surface area contributed by atoms with E-state index in [0.29, 0.717) is 34.3 Å². The van der Waals surface area contributed by atoms with E-state index in [1.807, 2.05) is 25.1 Å². The Kier molecular flexibility index (Phi) is 6.20. The lowest BCUT2D eigenvalue weighted by molar-refractivity contribution is -0.113. The summed E-state index contributed by atoms with van der Waals surface area (Å²) in [7, 11) is 0. The number of carbonyl (C=O) groups excluding carboxylic acids is 1. The van der Waals surface area contributed by atoms with Crippen molar-refractivity contribution in [1.29, 1.82) is 0 Å². The number of anilines is 1. The van der Waals surface area contributed by atoms with Crippen molar-refractivity contribution in [3.8, 4) is 17.0 Å². The summed E-state index contributed by atoms with van der Waals surface area (Å²) in [5.74, 6) is 0.341. The second-order valence-electron chi connectivity index (χ2n) is 6.16. The highest BCUT2D eigenvalue weighted by molar-refractivity contribution is 8.00. The molecule has 0 saturated heterocycles. The van der Waals surface area contributed by atoms with Crippen LogP contribution in [0.4, 0.5) is 10.1 Å². The summed E-state index contributed by atoms with van der Waals surface area (Å²) >= 11 is 2.58. The summed E-state index contributed by atoms with van der Waals surface area (Å²) in [6, 6.07) is 13.4. The van der Waals surface area contributed by atoms with Gasteiger partial charge in [-0.05, 0) is 54.9 Å². The van der Waals surface area contributed by atoms with Crippen LogP contribution < -0.4 is 10.1 Å². The number of carbonyl (C=O) groups is 1. The quantitative estimate of drug-likeness (QED) is 0.321. The number of aromatic nitrogens is 3. The van der Waals surface area contributed by atoms with Crippen LogP contribution in [-0.4, -0.2) is 32.6 Å². The smallest absolute Gasteiger partial charge is 0.234 e. The molecular weight excluding hydrogens is 423 g/mol. The first-order chi connectivity index (χ1) is 14.7. The number of fused-ring (bicyclic) bond motifs is 1. The third kappa shape index (κ3) is 4.42. The van der Waals surface area contributed by atoms with Gasteiger partial charge in [-0.3, -0.25) is 4.79 Å². The minimum absolute atomic E-state index is 0.165. The molecule has 0 aliphatic rings. The molecule has 0 atom stereocenters. The number of benzene rings is 2. The van der Waals surface area contributed by atoms with Crippen LogP contribution in [0.1, 0.15) is 6.92 Å². The molecular formula is C21H17FN4O2S2. The van der Waals surface area contributed by atoms with E-state index in [1.165, 1.54) is 41.8 Å². The molecule has 2 aromatic heterocycles. The fourth-order valence-electron chi connectivity index (χ4n) is 2.81. The van der Waals surface area contributed by atoms with Crippen molar-refractivity contribution in [2.75, 3.05) is 17.7 Å². The number of thioether (sulfide) groups is 1. The van der Waals surface area contributed by atoms with Gasteiger partial charge in [-0.25, -0.2) is 14.4 Å². The highest BCUT2D eigenvalue weighted by Gasteiger charge is 2.16. The maximum absolute atomic E-state index is 13.2. The minimum atomic E-state index is -0.305. The van der Waals surface area contributed by atoms with Crippen molar-refractivity contribution < 1.29 is 13.9 Å². The third-order valence-corrected chi connectivity index (χ3v) is 6.10. The van der Waals surface area contributed by atoms with Gasteiger partial charge < -0.3 is 10.1 Å². The predicted octanol–water partition coefficient (Wildman–Crippen LogP) is 5.02. The van der Waals surface area contributed by atoms with Gasteiger partial charge in [0.05, 0.1) is 18.0 Å². The zero-order chi connectivity index (χ0) is 20.9. The second kappa shape index (κ2) is 9.19. The number of hydrogen-bond donors (Lipinski definition) is 1. The Hall–Kier alpha value is -3.04. The molecule has 0 aliphatic heterocycles. The second-order valence-corrected chi connectivity index (χ2v) is 7.90. The molecule has 2 aromatic carbocycles. The van der Waals surface area contributed by atoms with Gasteiger partial charge in [0.15, 0.2) is 0 Å². The lowest BCUT2D eigenvalue weighted by atomic mass is 10.1. The van der Waals surface area contributed by atoms with E-state index in [4.69, 9.17) is 4.74 Å². The van der Waals surface area contributed by atoms with E-state index < -0.39 is 0 Å². The molecule has 0 aliphatic carbocycles. The first-order valence-electron chi connectivity index (χ1n) is 9.16. The van der Waals surface area contributed by atoms with Crippen LogP contribution >= 0.6 is 23.3 Å². The van der Waals surface area contributed by atoms with Gasteiger partial charge in [0.1, 0.15) is 38.8 Å². The van der Waals surface area contributed by atoms with E-state index in [1.54, 1.807) is 18.2 Å². The van der Waals surface area contributed by atoms with Crippen LogP contribution in [0.15, 0.2) is 59.9 Å². The number of para-hydroxylation sites is 2. The molecule has 152 valence electrons. The molecule has 0 bridgehead atoms. The van der Waals surface area contributed by atoms with Gasteiger partial charge in [0, 0.05) is 5.56 Å². The fourth-order valence-corrected chi connectivity index (χ4v) is 4.53. The Morgan fingerprint density at radius 1 is 1.17 bits per heavy atom. The highest BCUT2D eigenvalue weighted by Crippen LogP contribution is 2.34. The maximum Gasteiger partial charge on any atom is 0.234 e. The number of hydrogen-bond acceptors (Lipinski definition) is 7. The zero-order valence-corrected chi connectivity index (χ0v) is 17.6. The first-order valence-corrected chi connectivity index (χ1v) is 10.9.